The molecule has 2 amide bonds. The Morgan fingerprint density at radius 3 is 2.26 bits per heavy atom. The first kappa shape index (κ1) is 19.6. The third-order valence-electron chi connectivity index (χ3n) is 6.04. The normalized spacial score (nSPS) is 19.4. The highest BCUT2D eigenvalue weighted by Crippen LogP contribution is 2.39. The molecule has 0 aliphatic carbocycles. The summed E-state index contributed by atoms with van der Waals surface area (Å²) in [5, 5.41) is 0. The van der Waals surface area contributed by atoms with Gasteiger partial charge in [0.15, 0.2) is 11.5 Å². The van der Waals surface area contributed by atoms with E-state index >= 15 is 0 Å². The summed E-state index contributed by atoms with van der Waals surface area (Å²) in [4.78, 5) is 32.9. The highest BCUT2D eigenvalue weighted by molar-refractivity contribution is 6.45. The van der Waals surface area contributed by atoms with Crippen LogP contribution in [0.4, 0.5) is 5.69 Å². The fraction of sp³-hybridized carbons (Fsp3) is 0.333. The maximum Gasteiger partial charge on any atom is 0.282 e. The molecule has 2 aromatic rings. The number of amides is 2. The molecule has 3 aliphatic rings. The van der Waals surface area contributed by atoms with Crippen LogP contribution in [0.5, 0.6) is 11.5 Å². The lowest BCUT2D eigenvalue weighted by Crippen LogP contribution is -2.47. The molecule has 0 radical (unpaired) electrons. The lowest BCUT2D eigenvalue weighted by molar-refractivity contribution is -0.120. The Labute approximate surface area is 181 Å². The summed E-state index contributed by atoms with van der Waals surface area (Å²) in [7, 11) is 0. The molecule has 0 aromatic heterocycles. The van der Waals surface area contributed by atoms with Crippen molar-refractivity contribution in [1.82, 2.24) is 9.80 Å². The van der Waals surface area contributed by atoms with Crippen LogP contribution >= 0.6 is 0 Å². The molecule has 0 unspecified atom stereocenters. The second-order valence-electron chi connectivity index (χ2n) is 7.78. The number of anilines is 1. The zero-order chi connectivity index (χ0) is 21.4. The summed E-state index contributed by atoms with van der Waals surface area (Å²) in [5.41, 5.74) is 2.20. The van der Waals surface area contributed by atoms with Crippen LogP contribution in [0.1, 0.15) is 12.5 Å². The van der Waals surface area contributed by atoms with Crippen molar-refractivity contribution in [3.8, 4) is 11.5 Å². The molecule has 0 atom stereocenters. The second-order valence-corrected chi connectivity index (χ2v) is 7.78. The number of ether oxygens (including phenoxy) is 2. The van der Waals surface area contributed by atoms with Crippen LogP contribution in [0.2, 0.25) is 0 Å². The number of imide groups is 1. The lowest BCUT2D eigenvalue weighted by Gasteiger charge is -2.36. The number of rotatable bonds is 4. The quantitative estimate of drug-likeness (QED) is 0.710. The summed E-state index contributed by atoms with van der Waals surface area (Å²) >= 11 is 0. The number of carbonyl (C=O) groups is 2. The maximum absolute atomic E-state index is 13.6. The van der Waals surface area contributed by atoms with Crippen LogP contribution in [0.15, 0.2) is 54.2 Å². The zero-order valence-corrected chi connectivity index (χ0v) is 17.5. The number of carbonyl (C=O) groups excluding carboxylic acids is 2. The minimum atomic E-state index is -0.305. The third-order valence-corrected chi connectivity index (χ3v) is 6.04. The van der Waals surface area contributed by atoms with Crippen molar-refractivity contribution in [3.63, 3.8) is 0 Å². The molecular weight excluding hydrogens is 394 g/mol. The number of likely N-dealkylation sites (N-methyl/N-ethyl adjacent to an activating group) is 1. The van der Waals surface area contributed by atoms with E-state index in [0.29, 0.717) is 54.8 Å². The zero-order valence-electron chi connectivity index (χ0n) is 17.5. The van der Waals surface area contributed by atoms with Crippen LogP contribution < -0.4 is 14.4 Å². The molecule has 3 heterocycles. The van der Waals surface area contributed by atoms with Gasteiger partial charge in [-0.2, -0.15) is 0 Å². The Morgan fingerprint density at radius 2 is 1.55 bits per heavy atom. The molecule has 31 heavy (non-hydrogen) atoms. The monoisotopic (exact) mass is 419 g/mol. The van der Waals surface area contributed by atoms with Gasteiger partial charge in [0.25, 0.3) is 11.8 Å². The topological polar surface area (TPSA) is 62.3 Å². The van der Waals surface area contributed by atoms with E-state index in [1.54, 1.807) is 18.2 Å². The number of piperazine rings is 1. The van der Waals surface area contributed by atoms with Gasteiger partial charge < -0.3 is 19.3 Å². The minimum absolute atomic E-state index is 0.287. The first-order valence-corrected chi connectivity index (χ1v) is 10.7. The molecule has 1 saturated heterocycles. The smallest absolute Gasteiger partial charge is 0.282 e. The first-order valence-electron chi connectivity index (χ1n) is 10.7. The van der Waals surface area contributed by atoms with Gasteiger partial charge in [0.05, 0.1) is 11.3 Å². The van der Waals surface area contributed by atoms with Crippen molar-refractivity contribution in [2.24, 2.45) is 0 Å². The summed E-state index contributed by atoms with van der Waals surface area (Å²) in [5.74, 6) is 0.586. The van der Waals surface area contributed by atoms with Crippen molar-refractivity contribution < 1.29 is 19.1 Å². The Bertz CT molecular complexity index is 1040. The standard InChI is InChI=1S/C24H25N3O4/c1-2-25-10-12-26(13-11-25)22-21(17-6-4-3-5-7-17)23(28)27(24(22)29)18-8-9-19-20(16-18)31-15-14-30-19/h3-9,16H,2,10-15H2,1H3. The van der Waals surface area contributed by atoms with Gasteiger partial charge in [-0.15, -0.1) is 0 Å². The van der Waals surface area contributed by atoms with E-state index in [4.69, 9.17) is 9.47 Å². The molecule has 5 rings (SSSR count). The number of hydrogen-bond acceptors (Lipinski definition) is 6. The van der Waals surface area contributed by atoms with Crippen LogP contribution in [-0.4, -0.2) is 67.6 Å². The average Bonchev–Trinajstić information content (AvgIpc) is 3.09. The van der Waals surface area contributed by atoms with Gasteiger partial charge in [-0.1, -0.05) is 37.3 Å². The van der Waals surface area contributed by atoms with Crippen molar-refractivity contribution >= 4 is 23.1 Å². The fourth-order valence-corrected chi connectivity index (χ4v) is 4.37. The van der Waals surface area contributed by atoms with Crippen molar-refractivity contribution in [2.45, 2.75) is 6.92 Å². The molecular formula is C24H25N3O4. The fourth-order valence-electron chi connectivity index (χ4n) is 4.37. The summed E-state index contributed by atoms with van der Waals surface area (Å²) in [6.45, 7) is 7.22. The number of benzene rings is 2. The van der Waals surface area contributed by atoms with Gasteiger partial charge in [-0.25, -0.2) is 4.90 Å². The van der Waals surface area contributed by atoms with E-state index in [9.17, 15) is 9.59 Å². The molecule has 0 N–H and O–H groups in total. The Morgan fingerprint density at radius 1 is 0.839 bits per heavy atom. The van der Waals surface area contributed by atoms with E-state index in [2.05, 4.69) is 16.7 Å². The third kappa shape index (κ3) is 3.45. The Hall–Kier alpha value is -3.32. The molecule has 7 heteroatoms. The highest BCUT2D eigenvalue weighted by atomic mass is 16.6. The van der Waals surface area contributed by atoms with Crippen molar-refractivity contribution in [2.75, 3.05) is 50.8 Å². The molecule has 0 bridgehead atoms. The molecule has 1 fully saturated rings. The molecule has 0 saturated carbocycles. The van der Waals surface area contributed by atoms with Crippen LogP contribution in [0, 0.1) is 0 Å². The van der Waals surface area contributed by atoms with Crippen molar-refractivity contribution in [3.05, 3.63) is 59.8 Å². The summed E-state index contributed by atoms with van der Waals surface area (Å²) < 4.78 is 11.3. The number of nitrogens with zero attached hydrogens (tertiary/aromatic N) is 3. The van der Waals surface area contributed by atoms with E-state index < -0.39 is 0 Å². The Kier molecular flexibility index (Phi) is 5.11. The predicted octanol–water partition coefficient (Wildman–Crippen LogP) is 2.38. The van der Waals surface area contributed by atoms with E-state index in [1.165, 1.54) is 4.90 Å². The molecule has 2 aromatic carbocycles. The maximum atomic E-state index is 13.6. The second kappa shape index (κ2) is 8.07. The number of fused-ring (bicyclic) bond motifs is 1. The predicted molar refractivity (Wildman–Crippen MR) is 117 cm³/mol. The van der Waals surface area contributed by atoms with Crippen LogP contribution in [0.3, 0.4) is 0 Å². The van der Waals surface area contributed by atoms with Gasteiger partial charge >= 0.3 is 0 Å². The lowest BCUT2D eigenvalue weighted by atomic mass is 10.0. The first-order chi connectivity index (χ1) is 15.2. The van der Waals surface area contributed by atoms with Crippen LogP contribution in [0.25, 0.3) is 5.57 Å². The Balaban J connectivity index is 1.54. The van der Waals surface area contributed by atoms with E-state index in [1.807, 2.05) is 30.3 Å². The van der Waals surface area contributed by atoms with Gasteiger partial charge in [0.2, 0.25) is 0 Å². The summed E-state index contributed by atoms with van der Waals surface area (Å²) in [6, 6.07) is 14.7. The molecule has 7 nitrogen and oxygen atoms in total. The summed E-state index contributed by atoms with van der Waals surface area (Å²) in [6.07, 6.45) is 0. The highest BCUT2D eigenvalue weighted by Gasteiger charge is 2.43. The molecule has 160 valence electrons. The van der Waals surface area contributed by atoms with Crippen LogP contribution in [-0.2, 0) is 9.59 Å². The SMILES string of the molecule is CCN1CCN(C2=C(c3ccccc3)C(=O)N(c3ccc4c(c3)OCCO4)C2=O)CC1. The van der Waals surface area contributed by atoms with E-state index in [0.717, 1.165) is 25.2 Å². The molecule has 3 aliphatic heterocycles. The molecule has 0 spiro atoms. The minimum Gasteiger partial charge on any atom is -0.486 e. The van der Waals surface area contributed by atoms with Gasteiger partial charge in [0.1, 0.15) is 18.9 Å². The number of hydrogen-bond donors (Lipinski definition) is 0. The van der Waals surface area contributed by atoms with Gasteiger partial charge in [-0.05, 0) is 24.2 Å². The van der Waals surface area contributed by atoms with Gasteiger partial charge in [-0.3, -0.25) is 9.59 Å². The largest absolute Gasteiger partial charge is 0.486 e. The average molecular weight is 419 g/mol. The van der Waals surface area contributed by atoms with Crippen molar-refractivity contribution in [1.29, 1.82) is 0 Å². The van der Waals surface area contributed by atoms with Gasteiger partial charge in [0, 0.05) is 32.2 Å². The van der Waals surface area contributed by atoms with E-state index in [-0.39, 0.29) is 11.8 Å².